The van der Waals surface area contributed by atoms with Gasteiger partial charge in [-0.05, 0) is 26.3 Å². The van der Waals surface area contributed by atoms with E-state index in [0.717, 1.165) is 6.54 Å². The van der Waals surface area contributed by atoms with E-state index in [1.54, 1.807) is 0 Å². The largest absolute Gasteiger partial charge is 0.390 e. The molecule has 0 aliphatic carbocycles. The summed E-state index contributed by atoms with van der Waals surface area (Å²) in [6, 6.07) is 0.257. The Bertz CT molecular complexity index is 243. The van der Waals surface area contributed by atoms with E-state index < -0.39 is 12.6 Å². The fourth-order valence-corrected chi connectivity index (χ4v) is 1.84. The smallest absolute Gasteiger partial charge is 0.356 e. The maximum Gasteiger partial charge on any atom is 0.390 e. The minimum atomic E-state index is -4.20. The van der Waals surface area contributed by atoms with Gasteiger partial charge in [-0.3, -0.25) is 4.79 Å². The van der Waals surface area contributed by atoms with Crippen LogP contribution in [0.2, 0.25) is 0 Å². The van der Waals surface area contributed by atoms with Gasteiger partial charge in [0.05, 0.1) is 6.42 Å². The highest BCUT2D eigenvalue weighted by Crippen LogP contribution is 2.19. The van der Waals surface area contributed by atoms with Gasteiger partial charge in [0, 0.05) is 18.5 Å². The first-order valence-electron chi connectivity index (χ1n) is 5.46. The van der Waals surface area contributed by atoms with Crippen LogP contribution in [0.5, 0.6) is 0 Å². The number of carbonyl (C=O) groups excluding carboxylic acids is 1. The second-order valence-corrected chi connectivity index (χ2v) is 4.23. The van der Waals surface area contributed by atoms with Crippen LogP contribution in [-0.4, -0.2) is 31.2 Å². The number of nitrogens with one attached hydrogen (secondary N) is 2. The number of halogens is 3. The second-order valence-electron chi connectivity index (χ2n) is 4.23. The Morgan fingerprint density at radius 1 is 1.50 bits per heavy atom. The molecule has 0 aromatic rings. The van der Waals surface area contributed by atoms with Crippen LogP contribution in [0.25, 0.3) is 0 Å². The van der Waals surface area contributed by atoms with Gasteiger partial charge in [-0.15, -0.1) is 0 Å². The molecule has 1 saturated heterocycles. The van der Waals surface area contributed by atoms with E-state index in [9.17, 15) is 18.0 Å². The number of hydrogen-bond donors (Lipinski definition) is 2. The fraction of sp³-hybridized carbons (Fsp3) is 0.900. The molecular formula is C10H17F3N2O. The molecule has 3 nitrogen and oxygen atoms in total. The van der Waals surface area contributed by atoms with Crippen molar-refractivity contribution in [2.24, 2.45) is 5.92 Å². The molecule has 0 radical (unpaired) electrons. The fourth-order valence-electron chi connectivity index (χ4n) is 1.84. The van der Waals surface area contributed by atoms with Crippen LogP contribution in [0.1, 0.15) is 26.2 Å². The van der Waals surface area contributed by atoms with Crippen molar-refractivity contribution in [1.82, 2.24) is 10.6 Å². The van der Waals surface area contributed by atoms with Gasteiger partial charge in [0.1, 0.15) is 0 Å². The molecule has 0 saturated carbocycles. The third-order valence-electron chi connectivity index (χ3n) is 2.70. The van der Waals surface area contributed by atoms with Crippen LogP contribution >= 0.6 is 0 Å². The summed E-state index contributed by atoms with van der Waals surface area (Å²) in [5.41, 5.74) is 0. The molecule has 0 aromatic heterocycles. The minimum absolute atomic E-state index is 0.149. The molecule has 94 valence electrons. The van der Waals surface area contributed by atoms with E-state index >= 15 is 0 Å². The summed E-state index contributed by atoms with van der Waals surface area (Å²) in [6.45, 7) is 2.40. The van der Waals surface area contributed by atoms with Gasteiger partial charge in [0.2, 0.25) is 5.91 Å². The summed E-state index contributed by atoms with van der Waals surface area (Å²) in [7, 11) is 0. The van der Waals surface area contributed by atoms with Gasteiger partial charge in [0.15, 0.2) is 0 Å². The first-order valence-corrected chi connectivity index (χ1v) is 5.46. The molecule has 0 bridgehead atoms. The quantitative estimate of drug-likeness (QED) is 0.781. The maximum absolute atomic E-state index is 11.8. The molecule has 1 aliphatic heterocycles. The Morgan fingerprint density at radius 2 is 2.19 bits per heavy atom. The first kappa shape index (κ1) is 13.3. The lowest BCUT2D eigenvalue weighted by molar-refractivity contribution is -0.136. The second kappa shape index (κ2) is 5.52. The molecule has 0 aromatic carbocycles. The molecular weight excluding hydrogens is 221 g/mol. The lowest BCUT2D eigenvalue weighted by Crippen LogP contribution is -2.43. The molecule has 2 atom stereocenters. The van der Waals surface area contributed by atoms with Crippen molar-refractivity contribution in [3.63, 3.8) is 0 Å². The van der Waals surface area contributed by atoms with Crippen molar-refractivity contribution in [3.8, 4) is 0 Å². The third-order valence-corrected chi connectivity index (χ3v) is 2.70. The van der Waals surface area contributed by atoms with Crippen LogP contribution in [-0.2, 0) is 4.79 Å². The average molecular weight is 238 g/mol. The average Bonchev–Trinajstić information content (AvgIpc) is 2.15. The van der Waals surface area contributed by atoms with E-state index in [1.165, 1.54) is 0 Å². The van der Waals surface area contributed by atoms with E-state index in [0.29, 0.717) is 12.8 Å². The van der Waals surface area contributed by atoms with Crippen molar-refractivity contribution in [3.05, 3.63) is 0 Å². The Balaban J connectivity index is 2.24. The number of hydrogen-bond acceptors (Lipinski definition) is 2. The summed E-state index contributed by atoms with van der Waals surface area (Å²) in [5.74, 6) is -0.401. The minimum Gasteiger partial charge on any atom is -0.356 e. The van der Waals surface area contributed by atoms with Gasteiger partial charge >= 0.3 is 6.18 Å². The molecule has 2 N–H and O–H groups in total. The molecule has 0 spiro atoms. The van der Waals surface area contributed by atoms with Crippen LogP contribution in [0.3, 0.4) is 0 Å². The summed E-state index contributed by atoms with van der Waals surface area (Å²) in [4.78, 5) is 11.5. The van der Waals surface area contributed by atoms with Crippen molar-refractivity contribution in [2.75, 3.05) is 13.1 Å². The van der Waals surface area contributed by atoms with Gasteiger partial charge in [-0.25, -0.2) is 0 Å². The summed E-state index contributed by atoms with van der Waals surface area (Å²) in [5, 5.41) is 5.53. The highest BCUT2D eigenvalue weighted by molar-refractivity contribution is 5.78. The summed E-state index contributed by atoms with van der Waals surface area (Å²) in [6.07, 6.45) is -3.77. The van der Waals surface area contributed by atoms with Crippen LogP contribution in [0, 0.1) is 5.92 Å². The zero-order valence-corrected chi connectivity index (χ0v) is 9.23. The lowest BCUT2D eigenvalue weighted by atomic mass is 9.92. The molecule has 1 amide bonds. The number of carbonyl (C=O) groups is 1. The SMILES string of the molecule is CC1CC(C(=O)NCCC(F)(F)F)CCN1. The Labute approximate surface area is 92.8 Å². The van der Waals surface area contributed by atoms with E-state index in [1.807, 2.05) is 6.92 Å². The van der Waals surface area contributed by atoms with Crippen molar-refractivity contribution in [2.45, 2.75) is 38.4 Å². The monoisotopic (exact) mass is 238 g/mol. The van der Waals surface area contributed by atoms with Crippen molar-refractivity contribution < 1.29 is 18.0 Å². The number of piperidine rings is 1. The highest BCUT2D eigenvalue weighted by atomic mass is 19.4. The zero-order chi connectivity index (χ0) is 12.2. The summed E-state index contributed by atoms with van der Waals surface area (Å²) < 4.78 is 35.5. The topological polar surface area (TPSA) is 41.1 Å². The van der Waals surface area contributed by atoms with Gasteiger partial charge in [-0.1, -0.05) is 0 Å². The van der Waals surface area contributed by atoms with Crippen LogP contribution < -0.4 is 10.6 Å². The molecule has 1 heterocycles. The van der Waals surface area contributed by atoms with E-state index in [2.05, 4.69) is 10.6 Å². The molecule has 6 heteroatoms. The number of alkyl halides is 3. The van der Waals surface area contributed by atoms with Crippen LogP contribution in [0.4, 0.5) is 13.2 Å². The molecule has 2 unspecified atom stereocenters. The van der Waals surface area contributed by atoms with Gasteiger partial charge in [0.25, 0.3) is 0 Å². The molecule has 1 fully saturated rings. The van der Waals surface area contributed by atoms with Crippen molar-refractivity contribution >= 4 is 5.91 Å². The van der Waals surface area contributed by atoms with E-state index in [4.69, 9.17) is 0 Å². The Kier molecular flexibility index (Phi) is 4.58. The zero-order valence-electron chi connectivity index (χ0n) is 9.23. The Hall–Kier alpha value is -0.780. The molecule has 16 heavy (non-hydrogen) atoms. The standard InChI is InChI=1S/C10H17F3N2O/c1-7-6-8(2-4-14-7)9(16)15-5-3-10(11,12)13/h7-8,14H,2-6H2,1H3,(H,15,16). The maximum atomic E-state index is 11.8. The first-order chi connectivity index (χ1) is 7.38. The predicted molar refractivity (Wildman–Crippen MR) is 53.9 cm³/mol. The van der Waals surface area contributed by atoms with E-state index in [-0.39, 0.29) is 24.4 Å². The molecule has 1 aliphatic rings. The number of amides is 1. The Morgan fingerprint density at radius 3 is 2.75 bits per heavy atom. The highest BCUT2D eigenvalue weighted by Gasteiger charge is 2.28. The lowest BCUT2D eigenvalue weighted by Gasteiger charge is -2.27. The molecule has 1 rings (SSSR count). The summed E-state index contributed by atoms with van der Waals surface area (Å²) >= 11 is 0. The normalized spacial score (nSPS) is 26.5. The van der Waals surface area contributed by atoms with Gasteiger partial charge < -0.3 is 10.6 Å². The van der Waals surface area contributed by atoms with Crippen LogP contribution in [0.15, 0.2) is 0 Å². The van der Waals surface area contributed by atoms with Crippen molar-refractivity contribution in [1.29, 1.82) is 0 Å². The third kappa shape index (κ3) is 4.83. The van der Waals surface area contributed by atoms with Gasteiger partial charge in [-0.2, -0.15) is 13.2 Å². The number of rotatable bonds is 3. The predicted octanol–water partition coefficient (Wildman–Crippen LogP) is 1.44.